The summed E-state index contributed by atoms with van der Waals surface area (Å²) in [6.45, 7) is 5.78. The molecule has 0 aliphatic rings. The lowest BCUT2D eigenvalue weighted by Crippen LogP contribution is -2.21. The highest BCUT2D eigenvalue weighted by Crippen LogP contribution is 2.20. The Morgan fingerprint density at radius 2 is 1.49 bits per heavy atom. The van der Waals surface area contributed by atoms with Crippen molar-refractivity contribution in [2.75, 3.05) is 10.0 Å². The van der Waals surface area contributed by atoms with Crippen molar-refractivity contribution >= 4 is 33.4 Å². The van der Waals surface area contributed by atoms with Crippen molar-refractivity contribution in [2.24, 2.45) is 0 Å². The Morgan fingerprint density at radius 1 is 0.943 bits per heavy atom. The molecule has 0 atom stereocenters. The van der Waals surface area contributed by atoms with Crippen LogP contribution in [0.15, 0.2) is 65.7 Å². The Bertz CT molecular complexity index is 1290. The number of sulfonamides is 1. The number of carboxylic acid groups (broad SMARTS) is 1. The number of hydrogen-bond donors (Lipinski definition) is 3. The standard InChI is InChI=1S/C21H21N3O3S.C2HF3O2/c1-14-12-15(2)20(16(3)13-14)21(25)23-17-7-9-18(10-8-17)28(26,27)24-19-6-4-5-11-22-19;3-2(4,5)1(6)7/h4-13H,1-3H3,(H,22,24)(H,23,25);(H,6,7). The molecule has 2 aromatic carbocycles. The van der Waals surface area contributed by atoms with E-state index in [0.29, 0.717) is 11.3 Å². The number of rotatable bonds is 5. The van der Waals surface area contributed by atoms with Crippen LogP contribution < -0.4 is 10.0 Å². The highest BCUT2D eigenvalue weighted by molar-refractivity contribution is 7.92. The third-order valence-corrected chi connectivity index (χ3v) is 5.84. The van der Waals surface area contributed by atoms with Crippen LogP contribution in [-0.2, 0) is 14.8 Å². The van der Waals surface area contributed by atoms with E-state index in [-0.39, 0.29) is 16.6 Å². The zero-order chi connectivity index (χ0) is 26.4. The predicted molar refractivity (Wildman–Crippen MR) is 124 cm³/mol. The molecule has 0 aliphatic carbocycles. The molecule has 1 heterocycles. The van der Waals surface area contributed by atoms with Gasteiger partial charge in [0.05, 0.1) is 4.90 Å². The number of alkyl halides is 3. The highest BCUT2D eigenvalue weighted by atomic mass is 32.2. The van der Waals surface area contributed by atoms with Crippen LogP contribution in [0.4, 0.5) is 24.7 Å². The number of hydrogen-bond acceptors (Lipinski definition) is 5. The SMILES string of the molecule is Cc1cc(C)c(C(=O)Nc2ccc(S(=O)(=O)Nc3ccccn3)cc2)c(C)c1.O=C(O)C(F)(F)F. The van der Waals surface area contributed by atoms with Crippen LogP contribution >= 0.6 is 0 Å². The molecule has 8 nitrogen and oxygen atoms in total. The Labute approximate surface area is 199 Å². The molecule has 186 valence electrons. The number of benzene rings is 2. The number of aromatic nitrogens is 1. The minimum absolute atomic E-state index is 0.0823. The smallest absolute Gasteiger partial charge is 0.475 e. The molecule has 0 saturated carbocycles. The average molecular weight is 510 g/mol. The lowest BCUT2D eigenvalue weighted by atomic mass is 9.99. The fourth-order valence-electron chi connectivity index (χ4n) is 3.07. The van der Waals surface area contributed by atoms with Crippen molar-refractivity contribution in [3.63, 3.8) is 0 Å². The van der Waals surface area contributed by atoms with Crippen LogP contribution in [0.3, 0.4) is 0 Å². The number of pyridine rings is 1. The number of aryl methyl sites for hydroxylation is 3. The van der Waals surface area contributed by atoms with E-state index < -0.39 is 22.2 Å². The van der Waals surface area contributed by atoms with E-state index in [4.69, 9.17) is 9.90 Å². The van der Waals surface area contributed by atoms with Crippen LogP contribution in [0, 0.1) is 20.8 Å². The topological polar surface area (TPSA) is 125 Å². The molecule has 12 heteroatoms. The molecule has 1 aromatic heterocycles. The van der Waals surface area contributed by atoms with Crippen LogP contribution in [0.2, 0.25) is 0 Å². The Morgan fingerprint density at radius 3 is 1.94 bits per heavy atom. The number of anilines is 2. The number of carboxylic acids is 1. The molecule has 3 aromatic rings. The van der Waals surface area contributed by atoms with Crippen molar-refractivity contribution in [2.45, 2.75) is 31.8 Å². The predicted octanol–water partition coefficient (Wildman–Crippen LogP) is 4.69. The first-order valence-corrected chi connectivity index (χ1v) is 11.4. The van der Waals surface area contributed by atoms with E-state index in [9.17, 15) is 26.4 Å². The number of nitrogens with zero attached hydrogens (tertiary/aromatic N) is 1. The average Bonchev–Trinajstić information content (AvgIpc) is 2.73. The molecular formula is C23H22F3N3O5S. The van der Waals surface area contributed by atoms with Gasteiger partial charge in [-0.1, -0.05) is 23.8 Å². The van der Waals surface area contributed by atoms with E-state index in [0.717, 1.165) is 16.7 Å². The summed E-state index contributed by atoms with van der Waals surface area (Å²) < 4.78 is 59.0. The Balaban J connectivity index is 0.000000540. The van der Waals surface area contributed by atoms with Gasteiger partial charge in [-0.15, -0.1) is 0 Å². The van der Waals surface area contributed by atoms with Gasteiger partial charge < -0.3 is 10.4 Å². The molecular weight excluding hydrogens is 487 g/mol. The van der Waals surface area contributed by atoms with E-state index in [2.05, 4.69) is 15.0 Å². The Hall–Kier alpha value is -3.93. The molecule has 0 aliphatic heterocycles. The van der Waals surface area contributed by atoms with Gasteiger partial charge in [-0.3, -0.25) is 9.52 Å². The molecule has 3 rings (SSSR count). The normalized spacial score (nSPS) is 11.1. The number of amides is 1. The van der Waals surface area contributed by atoms with Crippen LogP contribution in [0.25, 0.3) is 0 Å². The van der Waals surface area contributed by atoms with Gasteiger partial charge in [-0.2, -0.15) is 13.2 Å². The number of aliphatic carboxylic acids is 1. The van der Waals surface area contributed by atoms with Gasteiger partial charge in [-0.25, -0.2) is 18.2 Å². The quantitative estimate of drug-likeness (QED) is 0.458. The van der Waals surface area contributed by atoms with Gasteiger partial charge in [0.1, 0.15) is 5.82 Å². The summed E-state index contributed by atoms with van der Waals surface area (Å²) in [7, 11) is -3.75. The van der Waals surface area contributed by atoms with Gasteiger partial charge in [0.2, 0.25) is 0 Å². The molecule has 1 amide bonds. The fourth-order valence-corrected chi connectivity index (χ4v) is 4.08. The minimum Gasteiger partial charge on any atom is -0.475 e. The van der Waals surface area contributed by atoms with Gasteiger partial charge >= 0.3 is 12.1 Å². The van der Waals surface area contributed by atoms with E-state index >= 15 is 0 Å². The summed E-state index contributed by atoms with van der Waals surface area (Å²) in [4.78, 5) is 25.6. The number of carbonyl (C=O) groups excluding carboxylic acids is 1. The molecule has 0 saturated heterocycles. The first kappa shape index (κ1) is 27.3. The lowest BCUT2D eigenvalue weighted by Gasteiger charge is -2.12. The number of nitrogens with one attached hydrogen (secondary N) is 2. The summed E-state index contributed by atoms with van der Waals surface area (Å²) in [5.74, 6) is -2.74. The second-order valence-corrected chi connectivity index (χ2v) is 9.06. The van der Waals surface area contributed by atoms with Crippen molar-refractivity contribution in [1.29, 1.82) is 0 Å². The molecule has 0 unspecified atom stereocenters. The van der Waals surface area contributed by atoms with Gasteiger partial charge in [-0.05, 0) is 68.3 Å². The van der Waals surface area contributed by atoms with E-state index in [1.165, 1.54) is 18.3 Å². The molecule has 35 heavy (non-hydrogen) atoms. The first-order valence-electron chi connectivity index (χ1n) is 9.94. The van der Waals surface area contributed by atoms with Crippen molar-refractivity contribution in [1.82, 2.24) is 4.98 Å². The summed E-state index contributed by atoms with van der Waals surface area (Å²) >= 11 is 0. The zero-order valence-corrected chi connectivity index (χ0v) is 19.7. The van der Waals surface area contributed by atoms with Crippen LogP contribution in [-0.4, -0.2) is 36.6 Å². The van der Waals surface area contributed by atoms with Crippen molar-refractivity contribution in [3.05, 3.63) is 83.0 Å². The van der Waals surface area contributed by atoms with E-state index in [1.54, 1.807) is 30.3 Å². The van der Waals surface area contributed by atoms with Gasteiger partial charge in [0.15, 0.2) is 0 Å². The van der Waals surface area contributed by atoms with Crippen molar-refractivity contribution in [3.8, 4) is 0 Å². The minimum atomic E-state index is -5.08. The third kappa shape index (κ3) is 7.81. The Kier molecular flexibility index (Phi) is 8.58. The molecule has 0 radical (unpaired) electrons. The van der Waals surface area contributed by atoms with Gasteiger partial charge in [0.25, 0.3) is 15.9 Å². The largest absolute Gasteiger partial charge is 0.490 e. The maximum atomic E-state index is 12.6. The summed E-state index contributed by atoms with van der Waals surface area (Å²) in [5, 5.41) is 9.95. The summed E-state index contributed by atoms with van der Waals surface area (Å²) in [5.41, 5.74) is 4.03. The molecule has 0 bridgehead atoms. The first-order chi connectivity index (χ1) is 16.2. The highest BCUT2D eigenvalue weighted by Gasteiger charge is 2.38. The zero-order valence-electron chi connectivity index (χ0n) is 18.8. The number of halogens is 3. The van der Waals surface area contributed by atoms with Crippen molar-refractivity contribution < 1.29 is 36.3 Å². The van der Waals surface area contributed by atoms with Gasteiger partial charge in [0, 0.05) is 17.4 Å². The second-order valence-electron chi connectivity index (χ2n) is 7.38. The van der Waals surface area contributed by atoms with Crippen LogP contribution in [0.1, 0.15) is 27.0 Å². The summed E-state index contributed by atoms with van der Waals surface area (Å²) in [6, 6.07) is 14.9. The van der Waals surface area contributed by atoms with Crippen LogP contribution in [0.5, 0.6) is 0 Å². The third-order valence-electron chi connectivity index (χ3n) is 4.47. The molecule has 0 fully saturated rings. The maximum Gasteiger partial charge on any atom is 0.490 e. The maximum absolute atomic E-state index is 12.6. The fraction of sp³-hybridized carbons (Fsp3) is 0.174. The van der Waals surface area contributed by atoms with E-state index in [1.807, 2.05) is 32.9 Å². The number of carbonyl (C=O) groups is 2. The lowest BCUT2D eigenvalue weighted by molar-refractivity contribution is -0.192. The molecule has 0 spiro atoms. The molecule has 3 N–H and O–H groups in total. The second kappa shape index (κ2) is 11.0. The summed E-state index contributed by atoms with van der Waals surface area (Å²) in [6.07, 6.45) is -3.58. The monoisotopic (exact) mass is 509 g/mol.